The number of hydrogen-bond donors (Lipinski definition) is 0. The summed E-state index contributed by atoms with van der Waals surface area (Å²) in [5.41, 5.74) is 0.917. The van der Waals surface area contributed by atoms with Gasteiger partial charge in [0.15, 0.2) is 0 Å². The van der Waals surface area contributed by atoms with Crippen LogP contribution in [0.15, 0.2) is 48.9 Å². The lowest BCUT2D eigenvalue weighted by Gasteiger charge is -2.10. The van der Waals surface area contributed by atoms with Crippen LogP contribution in [0.4, 0.5) is 17.6 Å². The van der Waals surface area contributed by atoms with E-state index in [-0.39, 0.29) is 0 Å². The summed E-state index contributed by atoms with van der Waals surface area (Å²) in [4.78, 5) is 7.65. The minimum atomic E-state index is -4.44. The van der Waals surface area contributed by atoms with Gasteiger partial charge in [-0.15, -0.1) is 0 Å². The largest absolute Gasteiger partial charge is 0.416 e. The molecule has 0 bridgehead atoms. The predicted molar refractivity (Wildman–Crippen MR) is 76.8 cm³/mol. The predicted octanol–water partition coefficient (Wildman–Crippen LogP) is 4.31. The lowest BCUT2D eigenvalue weighted by Crippen LogP contribution is -2.04. The van der Waals surface area contributed by atoms with Crippen LogP contribution in [0.2, 0.25) is 0 Å². The first-order valence-corrected chi connectivity index (χ1v) is 6.67. The molecule has 2 heterocycles. The maximum absolute atomic E-state index is 13.4. The maximum Gasteiger partial charge on any atom is 0.416 e. The standard InChI is InChI=1S/C16H11F4N3/c1-23-9-22-14(15(23)11-5-6-21-13(17)8-11)10-3-2-4-12(7-10)16(18,19)20/h2-9H,1H3. The molecule has 0 saturated heterocycles. The molecule has 23 heavy (non-hydrogen) atoms. The van der Waals surface area contributed by atoms with Crippen LogP contribution in [0.3, 0.4) is 0 Å². The number of rotatable bonds is 2. The molecular weight excluding hydrogens is 310 g/mol. The summed E-state index contributed by atoms with van der Waals surface area (Å²) in [5.74, 6) is -0.668. The highest BCUT2D eigenvalue weighted by atomic mass is 19.4. The molecule has 0 spiro atoms. The van der Waals surface area contributed by atoms with Gasteiger partial charge in [-0.25, -0.2) is 9.97 Å². The number of alkyl halides is 3. The zero-order valence-electron chi connectivity index (χ0n) is 12.0. The van der Waals surface area contributed by atoms with Crippen LogP contribution in [0.5, 0.6) is 0 Å². The fraction of sp³-hybridized carbons (Fsp3) is 0.125. The Morgan fingerprint density at radius 3 is 2.48 bits per heavy atom. The van der Waals surface area contributed by atoms with Crippen molar-refractivity contribution in [2.24, 2.45) is 7.05 Å². The normalized spacial score (nSPS) is 11.7. The fourth-order valence-electron chi connectivity index (χ4n) is 2.37. The van der Waals surface area contributed by atoms with Crippen LogP contribution in [0, 0.1) is 5.95 Å². The molecule has 7 heteroatoms. The van der Waals surface area contributed by atoms with Gasteiger partial charge in [-0.05, 0) is 18.2 Å². The van der Waals surface area contributed by atoms with Gasteiger partial charge in [-0.2, -0.15) is 17.6 Å². The second-order valence-electron chi connectivity index (χ2n) is 5.00. The summed E-state index contributed by atoms with van der Waals surface area (Å²) in [5, 5.41) is 0. The van der Waals surface area contributed by atoms with Gasteiger partial charge in [-0.3, -0.25) is 0 Å². The number of nitrogens with zero attached hydrogens (tertiary/aromatic N) is 3. The molecule has 0 N–H and O–H groups in total. The number of aryl methyl sites for hydroxylation is 1. The Balaban J connectivity index is 2.16. The van der Waals surface area contributed by atoms with Crippen LogP contribution in [0.1, 0.15) is 5.56 Å². The lowest BCUT2D eigenvalue weighted by molar-refractivity contribution is -0.137. The Bertz CT molecular complexity index is 853. The Morgan fingerprint density at radius 1 is 1.00 bits per heavy atom. The first-order chi connectivity index (χ1) is 10.9. The summed E-state index contributed by atoms with van der Waals surface area (Å²) in [6.07, 6.45) is -1.66. The molecular formula is C16H11F4N3. The van der Waals surface area contributed by atoms with Crippen LogP contribution >= 0.6 is 0 Å². The zero-order chi connectivity index (χ0) is 16.6. The summed E-state index contributed by atoms with van der Waals surface area (Å²) >= 11 is 0. The Hall–Kier alpha value is -2.70. The lowest BCUT2D eigenvalue weighted by atomic mass is 10.0. The first kappa shape index (κ1) is 15.2. The van der Waals surface area contributed by atoms with E-state index in [1.54, 1.807) is 23.7 Å². The van der Waals surface area contributed by atoms with Crippen molar-refractivity contribution in [1.82, 2.24) is 14.5 Å². The third-order valence-corrected chi connectivity index (χ3v) is 3.40. The fourth-order valence-corrected chi connectivity index (χ4v) is 2.37. The van der Waals surface area contributed by atoms with Crippen LogP contribution in [0.25, 0.3) is 22.5 Å². The molecule has 0 fully saturated rings. The summed E-state index contributed by atoms with van der Waals surface area (Å²) in [6.45, 7) is 0. The highest BCUT2D eigenvalue weighted by Crippen LogP contribution is 2.35. The zero-order valence-corrected chi connectivity index (χ0v) is 12.0. The second-order valence-corrected chi connectivity index (χ2v) is 5.00. The van der Waals surface area contributed by atoms with Crippen molar-refractivity contribution in [2.45, 2.75) is 6.18 Å². The summed E-state index contributed by atoms with van der Waals surface area (Å²) in [7, 11) is 1.69. The highest BCUT2D eigenvalue weighted by Gasteiger charge is 2.30. The molecule has 0 atom stereocenters. The number of halogens is 4. The molecule has 0 unspecified atom stereocenters. The molecule has 0 saturated carbocycles. The molecule has 0 aliphatic rings. The third kappa shape index (κ3) is 2.94. The van der Waals surface area contributed by atoms with Gasteiger partial charge in [0, 0.05) is 30.4 Å². The van der Waals surface area contributed by atoms with Gasteiger partial charge in [0.2, 0.25) is 5.95 Å². The van der Waals surface area contributed by atoms with E-state index in [9.17, 15) is 17.6 Å². The van der Waals surface area contributed by atoms with Gasteiger partial charge >= 0.3 is 6.18 Å². The molecule has 1 aromatic carbocycles. The van der Waals surface area contributed by atoms with Gasteiger partial charge in [0.25, 0.3) is 0 Å². The number of benzene rings is 1. The van der Waals surface area contributed by atoms with Crippen molar-refractivity contribution >= 4 is 0 Å². The minimum Gasteiger partial charge on any atom is -0.333 e. The highest BCUT2D eigenvalue weighted by molar-refractivity contribution is 5.78. The first-order valence-electron chi connectivity index (χ1n) is 6.67. The third-order valence-electron chi connectivity index (χ3n) is 3.40. The average Bonchev–Trinajstić information content (AvgIpc) is 2.88. The molecule has 118 valence electrons. The van der Waals surface area contributed by atoms with Gasteiger partial charge < -0.3 is 4.57 Å². The van der Waals surface area contributed by atoms with E-state index in [1.807, 2.05) is 0 Å². The van der Waals surface area contributed by atoms with E-state index < -0.39 is 17.7 Å². The van der Waals surface area contributed by atoms with Crippen LogP contribution in [-0.4, -0.2) is 14.5 Å². The van der Waals surface area contributed by atoms with Gasteiger partial charge in [0.1, 0.15) is 0 Å². The molecule has 0 amide bonds. The Labute approximate surface area is 129 Å². The topological polar surface area (TPSA) is 30.7 Å². The van der Waals surface area contributed by atoms with E-state index in [0.717, 1.165) is 12.1 Å². The second kappa shape index (κ2) is 5.49. The molecule has 3 rings (SSSR count). The van der Waals surface area contributed by atoms with E-state index >= 15 is 0 Å². The van der Waals surface area contributed by atoms with Crippen LogP contribution < -0.4 is 0 Å². The molecule has 0 aliphatic heterocycles. The molecule has 3 aromatic rings. The average molecular weight is 321 g/mol. The SMILES string of the molecule is Cn1cnc(-c2cccc(C(F)(F)F)c2)c1-c1ccnc(F)c1. The van der Waals surface area contributed by atoms with Crippen molar-refractivity contribution in [1.29, 1.82) is 0 Å². The van der Waals surface area contributed by atoms with Gasteiger partial charge in [-0.1, -0.05) is 12.1 Å². The summed E-state index contributed by atoms with van der Waals surface area (Å²) < 4.78 is 53.6. The monoisotopic (exact) mass is 321 g/mol. The van der Waals surface area contributed by atoms with E-state index in [1.165, 1.54) is 24.7 Å². The summed E-state index contributed by atoms with van der Waals surface area (Å²) in [6, 6.07) is 7.69. The number of pyridine rings is 1. The number of aromatic nitrogens is 3. The molecule has 0 aliphatic carbocycles. The quantitative estimate of drug-likeness (QED) is 0.520. The van der Waals surface area contributed by atoms with E-state index in [4.69, 9.17) is 0 Å². The molecule has 2 aromatic heterocycles. The molecule has 3 nitrogen and oxygen atoms in total. The van der Waals surface area contributed by atoms with E-state index in [2.05, 4.69) is 9.97 Å². The van der Waals surface area contributed by atoms with E-state index in [0.29, 0.717) is 22.5 Å². The van der Waals surface area contributed by atoms with Crippen LogP contribution in [-0.2, 0) is 13.2 Å². The Morgan fingerprint density at radius 2 is 1.78 bits per heavy atom. The minimum absolute atomic E-state index is 0.313. The van der Waals surface area contributed by atoms with Crippen molar-refractivity contribution in [3.8, 4) is 22.5 Å². The number of hydrogen-bond acceptors (Lipinski definition) is 2. The maximum atomic E-state index is 13.4. The Kier molecular flexibility index (Phi) is 3.63. The number of imidazole rings is 1. The van der Waals surface area contributed by atoms with Crippen molar-refractivity contribution in [2.75, 3.05) is 0 Å². The molecule has 0 radical (unpaired) electrons. The van der Waals surface area contributed by atoms with Crippen molar-refractivity contribution in [3.05, 3.63) is 60.4 Å². The van der Waals surface area contributed by atoms with Gasteiger partial charge in [0.05, 0.1) is 23.3 Å². The van der Waals surface area contributed by atoms with Crippen molar-refractivity contribution < 1.29 is 17.6 Å². The smallest absolute Gasteiger partial charge is 0.333 e. The van der Waals surface area contributed by atoms with Crippen molar-refractivity contribution in [3.63, 3.8) is 0 Å².